The minimum Gasteiger partial charge on any atom is -0.356 e. The summed E-state index contributed by atoms with van der Waals surface area (Å²) in [5, 5.41) is 8.48. The molecule has 1 aliphatic heterocycles. The van der Waals surface area contributed by atoms with Gasteiger partial charge in [-0.1, -0.05) is 22.8 Å². The molecular formula is C21H24ClN5O2. The van der Waals surface area contributed by atoms with Crippen LogP contribution in [-0.4, -0.2) is 34.1 Å². The van der Waals surface area contributed by atoms with Crippen LogP contribution >= 0.6 is 11.6 Å². The Balaban J connectivity index is 1.52. The summed E-state index contributed by atoms with van der Waals surface area (Å²) in [7, 11) is 0. The van der Waals surface area contributed by atoms with Gasteiger partial charge in [0, 0.05) is 36.6 Å². The van der Waals surface area contributed by atoms with Crippen LogP contribution in [0.5, 0.6) is 0 Å². The van der Waals surface area contributed by atoms with E-state index in [-0.39, 0.29) is 12.3 Å². The molecule has 0 aliphatic carbocycles. The number of carbonyl (C=O) groups is 1. The van der Waals surface area contributed by atoms with E-state index < -0.39 is 0 Å². The van der Waals surface area contributed by atoms with Gasteiger partial charge in [-0.3, -0.25) is 4.79 Å². The first kappa shape index (κ1) is 19.6. The lowest BCUT2D eigenvalue weighted by molar-refractivity contribution is -0.116. The Kier molecular flexibility index (Phi) is 5.67. The van der Waals surface area contributed by atoms with Gasteiger partial charge in [-0.2, -0.15) is 4.98 Å². The molecule has 0 bridgehead atoms. The van der Waals surface area contributed by atoms with Crippen molar-refractivity contribution >= 4 is 40.1 Å². The second-order valence-corrected chi connectivity index (χ2v) is 7.83. The van der Waals surface area contributed by atoms with Crippen molar-refractivity contribution in [1.82, 2.24) is 15.1 Å². The van der Waals surface area contributed by atoms with Crippen LogP contribution in [-0.2, 0) is 11.2 Å². The van der Waals surface area contributed by atoms with Gasteiger partial charge in [-0.25, -0.2) is 4.98 Å². The predicted octanol–water partition coefficient (Wildman–Crippen LogP) is 4.45. The zero-order valence-corrected chi connectivity index (χ0v) is 17.4. The maximum atomic E-state index is 12.4. The Morgan fingerprint density at radius 3 is 2.79 bits per heavy atom. The van der Waals surface area contributed by atoms with Crippen molar-refractivity contribution in [3.05, 3.63) is 40.3 Å². The molecule has 2 aromatic heterocycles. The van der Waals surface area contributed by atoms with E-state index in [1.54, 1.807) is 6.07 Å². The van der Waals surface area contributed by atoms with Crippen molar-refractivity contribution in [2.75, 3.05) is 23.3 Å². The van der Waals surface area contributed by atoms with Crippen LogP contribution in [0.15, 0.2) is 22.7 Å². The Hall–Kier alpha value is -2.67. The van der Waals surface area contributed by atoms with E-state index in [0.29, 0.717) is 23.0 Å². The monoisotopic (exact) mass is 413 g/mol. The fourth-order valence-electron chi connectivity index (χ4n) is 3.64. The molecule has 0 saturated carbocycles. The fraction of sp³-hybridized carbons (Fsp3) is 0.429. The Morgan fingerprint density at radius 2 is 2.00 bits per heavy atom. The van der Waals surface area contributed by atoms with Gasteiger partial charge in [0.25, 0.3) is 5.71 Å². The molecular weight excluding hydrogens is 390 g/mol. The van der Waals surface area contributed by atoms with Crippen molar-refractivity contribution < 1.29 is 9.32 Å². The lowest BCUT2D eigenvalue weighted by Gasteiger charge is -2.28. The maximum Gasteiger partial charge on any atom is 0.263 e. The van der Waals surface area contributed by atoms with E-state index >= 15 is 0 Å². The number of piperidine rings is 1. The molecule has 7 nitrogen and oxygen atoms in total. The number of amides is 1. The highest BCUT2D eigenvalue weighted by molar-refractivity contribution is 6.31. The lowest BCUT2D eigenvalue weighted by Crippen LogP contribution is -2.30. The molecule has 1 fully saturated rings. The number of hydrogen-bond donors (Lipinski definition) is 1. The third-order valence-electron chi connectivity index (χ3n) is 5.31. The van der Waals surface area contributed by atoms with Gasteiger partial charge in [-0.05, 0) is 50.8 Å². The summed E-state index contributed by atoms with van der Waals surface area (Å²) < 4.78 is 5.41. The van der Waals surface area contributed by atoms with Crippen LogP contribution < -0.4 is 10.2 Å². The van der Waals surface area contributed by atoms with E-state index in [1.165, 1.54) is 6.42 Å². The van der Waals surface area contributed by atoms with Crippen molar-refractivity contribution in [1.29, 1.82) is 0 Å². The number of fused-ring (bicyclic) bond motifs is 1. The number of aromatic nitrogens is 3. The van der Waals surface area contributed by atoms with Gasteiger partial charge in [-0.15, -0.1) is 0 Å². The number of halogens is 1. The first-order valence-corrected chi connectivity index (χ1v) is 10.3. The van der Waals surface area contributed by atoms with Gasteiger partial charge in [0.1, 0.15) is 17.0 Å². The van der Waals surface area contributed by atoms with Gasteiger partial charge in [0.2, 0.25) is 5.91 Å². The van der Waals surface area contributed by atoms with Crippen LogP contribution in [0, 0.1) is 13.8 Å². The normalized spacial score (nSPS) is 14.4. The molecule has 0 radical (unpaired) electrons. The molecule has 0 atom stereocenters. The minimum absolute atomic E-state index is 0.104. The molecule has 1 aliphatic rings. The van der Waals surface area contributed by atoms with E-state index in [4.69, 9.17) is 21.1 Å². The summed E-state index contributed by atoms with van der Waals surface area (Å²) in [5.41, 5.74) is 2.85. The number of carbonyl (C=O) groups excluding carboxylic acids is 1. The molecule has 1 aromatic carbocycles. The summed E-state index contributed by atoms with van der Waals surface area (Å²) in [6.45, 7) is 5.71. The van der Waals surface area contributed by atoms with E-state index in [2.05, 4.69) is 20.4 Å². The topological polar surface area (TPSA) is 84.2 Å². The summed E-state index contributed by atoms with van der Waals surface area (Å²) in [5.74, 6) is 1.36. The third-order valence-corrected chi connectivity index (χ3v) is 5.72. The zero-order chi connectivity index (χ0) is 20.4. The molecule has 3 heterocycles. The Bertz CT molecular complexity index is 1040. The van der Waals surface area contributed by atoms with Gasteiger partial charge < -0.3 is 14.7 Å². The molecule has 152 valence electrons. The minimum atomic E-state index is -0.104. The number of benzene rings is 1. The van der Waals surface area contributed by atoms with Crippen molar-refractivity contribution in [3.63, 3.8) is 0 Å². The number of nitrogens with one attached hydrogen (secondary N) is 1. The molecule has 0 spiro atoms. The lowest BCUT2D eigenvalue weighted by atomic mass is 10.1. The van der Waals surface area contributed by atoms with Crippen LogP contribution in [0.4, 0.5) is 11.5 Å². The van der Waals surface area contributed by atoms with Gasteiger partial charge >= 0.3 is 0 Å². The zero-order valence-electron chi connectivity index (χ0n) is 16.7. The summed E-state index contributed by atoms with van der Waals surface area (Å²) in [6, 6.07) is 5.46. The summed E-state index contributed by atoms with van der Waals surface area (Å²) in [4.78, 5) is 24.0. The Morgan fingerprint density at radius 1 is 1.21 bits per heavy atom. The van der Waals surface area contributed by atoms with E-state index in [1.807, 2.05) is 26.0 Å². The average molecular weight is 414 g/mol. The second-order valence-electron chi connectivity index (χ2n) is 7.42. The summed E-state index contributed by atoms with van der Waals surface area (Å²) >= 11 is 6.13. The van der Waals surface area contributed by atoms with E-state index in [9.17, 15) is 4.79 Å². The smallest absolute Gasteiger partial charge is 0.263 e. The molecule has 3 aromatic rings. The first-order valence-electron chi connectivity index (χ1n) is 9.96. The first-order chi connectivity index (χ1) is 14.0. The maximum absolute atomic E-state index is 12.4. The second kappa shape index (κ2) is 8.37. The standard InChI is InChI=1S/C21H24ClN5O2/c1-13-15(22)7-6-8-16(13)23-18(28)10-9-17-24-20(27-11-4-3-5-12-27)19-14(2)26-29-21(19)25-17/h6-8H,3-5,9-12H2,1-2H3,(H,23,28). The van der Waals surface area contributed by atoms with Crippen LogP contribution in [0.25, 0.3) is 11.1 Å². The average Bonchev–Trinajstić information content (AvgIpc) is 3.11. The highest BCUT2D eigenvalue weighted by Gasteiger charge is 2.21. The SMILES string of the molecule is Cc1c(Cl)cccc1NC(=O)CCc1nc(N2CCCCC2)c2c(C)noc2n1. The molecule has 8 heteroatoms. The number of hydrogen-bond acceptors (Lipinski definition) is 6. The number of nitrogens with zero attached hydrogens (tertiary/aromatic N) is 4. The summed E-state index contributed by atoms with van der Waals surface area (Å²) in [6.07, 6.45) is 4.22. The Labute approximate surface area is 174 Å². The number of anilines is 2. The van der Waals surface area contributed by atoms with Crippen LogP contribution in [0.2, 0.25) is 5.02 Å². The predicted molar refractivity (Wildman–Crippen MR) is 114 cm³/mol. The van der Waals surface area contributed by atoms with E-state index in [0.717, 1.165) is 54.1 Å². The van der Waals surface area contributed by atoms with Gasteiger partial charge in [0.15, 0.2) is 0 Å². The number of rotatable bonds is 5. The highest BCUT2D eigenvalue weighted by atomic mass is 35.5. The largest absolute Gasteiger partial charge is 0.356 e. The van der Waals surface area contributed by atoms with Crippen molar-refractivity contribution in [3.8, 4) is 0 Å². The highest BCUT2D eigenvalue weighted by Crippen LogP contribution is 2.29. The molecule has 4 rings (SSSR count). The molecule has 1 saturated heterocycles. The van der Waals surface area contributed by atoms with Crippen LogP contribution in [0.1, 0.15) is 42.8 Å². The fourth-order valence-corrected chi connectivity index (χ4v) is 3.81. The van der Waals surface area contributed by atoms with Crippen LogP contribution in [0.3, 0.4) is 0 Å². The number of aryl methyl sites for hydroxylation is 2. The van der Waals surface area contributed by atoms with Gasteiger partial charge in [0.05, 0.1) is 5.69 Å². The molecule has 1 N–H and O–H groups in total. The van der Waals surface area contributed by atoms with Crippen molar-refractivity contribution in [2.24, 2.45) is 0 Å². The quantitative estimate of drug-likeness (QED) is 0.665. The third kappa shape index (κ3) is 4.19. The van der Waals surface area contributed by atoms with Crippen molar-refractivity contribution in [2.45, 2.75) is 46.0 Å². The molecule has 1 amide bonds. The molecule has 29 heavy (non-hydrogen) atoms. The molecule has 0 unspecified atom stereocenters.